The van der Waals surface area contributed by atoms with E-state index in [2.05, 4.69) is 10.3 Å². The quantitative estimate of drug-likeness (QED) is 0.160. The summed E-state index contributed by atoms with van der Waals surface area (Å²) in [6.45, 7) is 14.8. The number of esters is 2. The number of nitrogens with one attached hydrogen (secondary N) is 1. The summed E-state index contributed by atoms with van der Waals surface area (Å²) in [5.74, 6) is -2.41. The molecule has 0 bridgehead atoms. The first-order valence-corrected chi connectivity index (χ1v) is 18.7. The van der Waals surface area contributed by atoms with Gasteiger partial charge in [0, 0.05) is 50.2 Å². The standard InChI is InChI=1S/C39H60N4O7S/c1-13-25(4)30(21-34(45)39(7,8)42(9)10)37(47)43(11)32(24(2)3)22-33(50-27(6)44)36-41-31(23-51-36)35(46)40-29(19-26(5)38(48)49-12)20-28-17-15-14-16-18-28/h14-18,23-26,29-30,32-33H,13,19-22H2,1-12H3,(H,40,46)/t25-,26-,29+,30-,32+,33+/m0/s1. The largest absolute Gasteiger partial charge is 0.469 e. The average molecular weight is 729 g/mol. The molecule has 0 aliphatic heterocycles. The highest BCUT2D eigenvalue weighted by Gasteiger charge is 2.39. The minimum atomic E-state index is -0.812. The van der Waals surface area contributed by atoms with Crippen molar-refractivity contribution in [2.45, 2.75) is 111 Å². The van der Waals surface area contributed by atoms with Crippen LogP contribution in [0.3, 0.4) is 0 Å². The molecule has 11 nitrogen and oxygen atoms in total. The maximum Gasteiger partial charge on any atom is 0.308 e. The Morgan fingerprint density at radius 1 is 0.980 bits per heavy atom. The summed E-state index contributed by atoms with van der Waals surface area (Å²) in [6.07, 6.45) is 1.18. The summed E-state index contributed by atoms with van der Waals surface area (Å²) >= 11 is 1.21. The number of amides is 2. The lowest BCUT2D eigenvalue weighted by Crippen LogP contribution is -2.50. The fourth-order valence-corrected chi connectivity index (χ4v) is 6.89. The molecule has 1 aromatic carbocycles. The fraction of sp³-hybridized carbons (Fsp3) is 0.641. The van der Waals surface area contributed by atoms with E-state index in [1.165, 1.54) is 25.4 Å². The lowest BCUT2D eigenvalue weighted by molar-refractivity contribution is -0.150. The predicted molar refractivity (Wildman–Crippen MR) is 200 cm³/mol. The van der Waals surface area contributed by atoms with E-state index < -0.39 is 35.4 Å². The topological polar surface area (TPSA) is 135 Å². The number of hydrogen-bond donors (Lipinski definition) is 1. The van der Waals surface area contributed by atoms with E-state index >= 15 is 0 Å². The number of rotatable bonds is 20. The lowest BCUT2D eigenvalue weighted by atomic mass is 9.81. The van der Waals surface area contributed by atoms with Crippen molar-refractivity contribution in [1.29, 1.82) is 0 Å². The summed E-state index contributed by atoms with van der Waals surface area (Å²) in [5.41, 5.74) is 0.451. The molecule has 0 saturated carbocycles. The maximum atomic E-state index is 14.2. The third-order valence-corrected chi connectivity index (χ3v) is 11.1. The van der Waals surface area contributed by atoms with Crippen LogP contribution in [-0.4, -0.2) is 90.2 Å². The highest BCUT2D eigenvalue weighted by molar-refractivity contribution is 7.09. The number of ether oxygens (including phenoxy) is 2. The molecule has 2 aromatic rings. The van der Waals surface area contributed by atoms with Crippen LogP contribution in [0.2, 0.25) is 0 Å². The highest BCUT2D eigenvalue weighted by atomic mass is 32.1. The molecule has 12 heteroatoms. The van der Waals surface area contributed by atoms with Gasteiger partial charge in [-0.3, -0.25) is 28.9 Å². The Balaban J connectivity index is 2.35. The van der Waals surface area contributed by atoms with E-state index in [0.29, 0.717) is 17.8 Å². The van der Waals surface area contributed by atoms with E-state index in [1.54, 1.807) is 24.3 Å². The number of aromatic nitrogens is 1. The third-order valence-electron chi connectivity index (χ3n) is 10.2. The number of ketones is 1. The zero-order valence-electron chi connectivity index (χ0n) is 32.6. The molecule has 1 heterocycles. The van der Waals surface area contributed by atoms with Crippen LogP contribution in [0, 0.1) is 23.7 Å². The summed E-state index contributed by atoms with van der Waals surface area (Å²) in [7, 11) is 6.81. The first kappa shape index (κ1) is 43.5. The van der Waals surface area contributed by atoms with Gasteiger partial charge in [-0.1, -0.05) is 71.4 Å². The molecule has 0 unspecified atom stereocenters. The number of methoxy groups -OCH3 is 1. The van der Waals surface area contributed by atoms with Gasteiger partial charge in [0.05, 0.1) is 18.6 Å². The van der Waals surface area contributed by atoms with Gasteiger partial charge in [-0.2, -0.15) is 0 Å². The normalized spacial score (nSPS) is 15.3. The van der Waals surface area contributed by atoms with Gasteiger partial charge in [0.25, 0.3) is 5.91 Å². The van der Waals surface area contributed by atoms with Gasteiger partial charge >= 0.3 is 11.9 Å². The summed E-state index contributed by atoms with van der Waals surface area (Å²) in [5, 5.41) is 5.11. The number of Topliss-reactive ketones (excluding diaryl/α,β-unsaturated/α-hetero) is 1. The number of thiazole rings is 1. The van der Waals surface area contributed by atoms with Gasteiger partial charge in [0.2, 0.25) is 5.91 Å². The molecule has 284 valence electrons. The van der Waals surface area contributed by atoms with Crippen LogP contribution in [0.4, 0.5) is 0 Å². The third kappa shape index (κ3) is 12.5. The van der Waals surface area contributed by atoms with Crippen LogP contribution in [0.15, 0.2) is 35.7 Å². The predicted octanol–water partition coefficient (Wildman–Crippen LogP) is 6.12. The second-order valence-electron chi connectivity index (χ2n) is 14.8. The first-order chi connectivity index (χ1) is 23.8. The summed E-state index contributed by atoms with van der Waals surface area (Å²) in [6, 6.07) is 8.96. The van der Waals surface area contributed by atoms with Crippen molar-refractivity contribution in [3.63, 3.8) is 0 Å². The molecule has 0 fully saturated rings. The van der Waals surface area contributed by atoms with Crippen LogP contribution in [0.25, 0.3) is 0 Å². The van der Waals surface area contributed by atoms with Crippen molar-refractivity contribution < 1.29 is 33.4 Å². The molecule has 0 aliphatic rings. The minimum absolute atomic E-state index is 0.00205. The van der Waals surface area contributed by atoms with Gasteiger partial charge in [0.15, 0.2) is 11.9 Å². The van der Waals surface area contributed by atoms with E-state index in [9.17, 15) is 24.0 Å². The second-order valence-corrected chi connectivity index (χ2v) is 15.6. The van der Waals surface area contributed by atoms with Gasteiger partial charge in [-0.15, -0.1) is 11.3 Å². The minimum Gasteiger partial charge on any atom is -0.469 e. The van der Waals surface area contributed by atoms with Crippen LogP contribution in [-0.2, 0) is 35.1 Å². The van der Waals surface area contributed by atoms with Gasteiger partial charge < -0.3 is 19.7 Å². The second kappa shape index (κ2) is 19.8. The Kier molecular flexibility index (Phi) is 16.9. The molecular weight excluding hydrogens is 669 g/mol. The van der Waals surface area contributed by atoms with E-state index in [4.69, 9.17) is 9.47 Å². The van der Waals surface area contributed by atoms with Crippen molar-refractivity contribution in [2.24, 2.45) is 23.7 Å². The van der Waals surface area contributed by atoms with Gasteiger partial charge in [-0.25, -0.2) is 4.98 Å². The molecule has 0 aliphatic carbocycles. The number of carbonyl (C=O) groups excluding carboxylic acids is 5. The highest BCUT2D eigenvalue weighted by Crippen LogP contribution is 2.33. The number of benzene rings is 1. The Morgan fingerprint density at radius 2 is 1.61 bits per heavy atom. The van der Waals surface area contributed by atoms with Crippen molar-refractivity contribution in [3.8, 4) is 0 Å². The Hall–Kier alpha value is -3.64. The summed E-state index contributed by atoms with van der Waals surface area (Å²) in [4.78, 5) is 73.9. The van der Waals surface area contributed by atoms with E-state index in [1.807, 2.05) is 90.9 Å². The number of carbonyl (C=O) groups is 5. The van der Waals surface area contributed by atoms with Crippen molar-refractivity contribution in [2.75, 3.05) is 28.3 Å². The molecule has 2 rings (SSSR count). The molecule has 0 saturated heterocycles. The maximum absolute atomic E-state index is 14.2. The van der Waals surface area contributed by atoms with E-state index in [0.717, 1.165) is 12.0 Å². The Labute approximate surface area is 308 Å². The smallest absolute Gasteiger partial charge is 0.308 e. The number of likely N-dealkylation sites (N-methyl/N-ethyl adjacent to an activating group) is 1. The van der Waals surface area contributed by atoms with Crippen LogP contribution >= 0.6 is 11.3 Å². The molecule has 2 amide bonds. The molecule has 6 atom stereocenters. The average Bonchev–Trinajstić information content (AvgIpc) is 3.58. The number of nitrogens with zero attached hydrogens (tertiary/aromatic N) is 3. The zero-order valence-corrected chi connectivity index (χ0v) is 33.5. The SMILES string of the molecule is CC[C@H](C)[C@H](CC(=O)C(C)(C)N(C)C)C(=O)N(C)[C@H](C[C@@H](OC(C)=O)c1nc(C(=O)N[C@@H](Cc2ccccc2)C[C@H](C)C(=O)OC)cs1)C(C)C. The first-order valence-electron chi connectivity index (χ1n) is 17.9. The van der Waals surface area contributed by atoms with Crippen molar-refractivity contribution >= 4 is 40.9 Å². The van der Waals surface area contributed by atoms with Crippen molar-refractivity contribution in [3.05, 3.63) is 52.0 Å². The van der Waals surface area contributed by atoms with Crippen LogP contribution in [0.1, 0.15) is 108 Å². The molecule has 1 N–H and O–H groups in total. The Morgan fingerprint density at radius 3 is 2.14 bits per heavy atom. The van der Waals surface area contributed by atoms with Crippen LogP contribution < -0.4 is 5.32 Å². The fourth-order valence-electron chi connectivity index (χ4n) is 6.05. The molecule has 0 radical (unpaired) electrons. The number of hydrogen-bond acceptors (Lipinski definition) is 10. The lowest BCUT2D eigenvalue weighted by Gasteiger charge is -2.38. The van der Waals surface area contributed by atoms with Gasteiger partial charge in [-0.05, 0) is 58.2 Å². The summed E-state index contributed by atoms with van der Waals surface area (Å²) < 4.78 is 10.7. The molecule has 0 spiro atoms. The van der Waals surface area contributed by atoms with Crippen molar-refractivity contribution in [1.82, 2.24) is 20.1 Å². The molecular formula is C39H60N4O7S. The molecule has 1 aromatic heterocycles. The van der Waals surface area contributed by atoms with E-state index in [-0.39, 0.29) is 60.1 Å². The van der Waals surface area contributed by atoms with Crippen LogP contribution in [0.5, 0.6) is 0 Å². The van der Waals surface area contributed by atoms with Gasteiger partial charge in [0.1, 0.15) is 10.7 Å². The monoisotopic (exact) mass is 728 g/mol. The zero-order chi connectivity index (χ0) is 38.6. The Bertz CT molecular complexity index is 1460. The molecule has 51 heavy (non-hydrogen) atoms.